The molecule has 0 aromatic carbocycles. The Bertz CT molecular complexity index is 693. The summed E-state index contributed by atoms with van der Waals surface area (Å²) in [6.45, 7) is 0. The van der Waals surface area contributed by atoms with Crippen LogP contribution in [0.5, 0.6) is 0 Å². The standard InChI is InChI=1S/C12H7BrFN3/c13-11-3-1-2-9(15-11)10-7-17-5-4-8(14)6-12(17)16-10/h1-7H. The van der Waals surface area contributed by atoms with Gasteiger partial charge in [0.1, 0.15) is 21.8 Å². The van der Waals surface area contributed by atoms with Gasteiger partial charge in [-0.15, -0.1) is 0 Å². The molecule has 0 fully saturated rings. The Morgan fingerprint density at radius 1 is 1.12 bits per heavy atom. The van der Waals surface area contributed by atoms with Gasteiger partial charge < -0.3 is 4.40 Å². The summed E-state index contributed by atoms with van der Waals surface area (Å²) in [5.74, 6) is -0.295. The first-order valence-corrected chi connectivity index (χ1v) is 5.79. The van der Waals surface area contributed by atoms with Crippen LogP contribution in [0.4, 0.5) is 4.39 Å². The number of imidazole rings is 1. The van der Waals surface area contributed by atoms with Crippen LogP contribution in [0.15, 0.2) is 47.3 Å². The number of hydrogen-bond donors (Lipinski definition) is 0. The Morgan fingerprint density at radius 3 is 2.82 bits per heavy atom. The van der Waals surface area contributed by atoms with Gasteiger partial charge in [0.05, 0.1) is 5.69 Å². The summed E-state index contributed by atoms with van der Waals surface area (Å²) < 4.78 is 15.5. The van der Waals surface area contributed by atoms with E-state index in [1.807, 2.05) is 24.4 Å². The number of fused-ring (bicyclic) bond motifs is 1. The Balaban J connectivity index is 2.18. The number of aromatic nitrogens is 3. The van der Waals surface area contributed by atoms with Crippen LogP contribution in [0.1, 0.15) is 0 Å². The fraction of sp³-hybridized carbons (Fsp3) is 0. The molecule has 0 saturated carbocycles. The molecule has 84 valence electrons. The second kappa shape index (κ2) is 3.92. The zero-order chi connectivity index (χ0) is 11.8. The van der Waals surface area contributed by atoms with Gasteiger partial charge >= 0.3 is 0 Å². The number of nitrogens with zero attached hydrogens (tertiary/aromatic N) is 3. The summed E-state index contributed by atoms with van der Waals surface area (Å²) in [4.78, 5) is 8.63. The van der Waals surface area contributed by atoms with Gasteiger partial charge in [0, 0.05) is 18.5 Å². The Kier molecular flexibility index (Phi) is 2.40. The van der Waals surface area contributed by atoms with E-state index >= 15 is 0 Å². The number of hydrogen-bond acceptors (Lipinski definition) is 2. The van der Waals surface area contributed by atoms with E-state index in [1.165, 1.54) is 12.1 Å². The molecular formula is C12H7BrFN3. The third-order valence-corrected chi connectivity index (χ3v) is 2.84. The molecule has 5 heteroatoms. The van der Waals surface area contributed by atoms with E-state index in [4.69, 9.17) is 0 Å². The lowest BCUT2D eigenvalue weighted by molar-refractivity contribution is 0.626. The molecule has 0 atom stereocenters. The van der Waals surface area contributed by atoms with Gasteiger partial charge in [-0.1, -0.05) is 6.07 Å². The van der Waals surface area contributed by atoms with Crippen LogP contribution in [0.2, 0.25) is 0 Å². The molecule has 0 radical (unpaired) electrons. The first-order valence-electron chi connectivity index (χ1n) is 4.99. The topological polar surface area (TPSA) is 30.2 Å². The van der Waals surface area contributed by atoms with Crippen molar-refractivity contribution in [3.05, 3.63) is 53.1 Å². The molecule has 3 nitrogen and oxygen atoms in total. The molecule has 17 heavy (non-hydrogen) atoms. The van der Waals surface area contributed by atoms with Crippen LogP contribution in [0.25, 0.3) is 17.0 Å². The molecule has 0 saturated heterocycles. The monoisotopic (exact) mass is 291 g/mol. The van der Waals surface area contributed by atoms with Crippen molar-refractivity contribution in [1.29, 1.82) is 0 Å². The van der Waals surface area contributed by atoms with Gasteiger partial charge in [-0.05, 0) is 34.1 Å². The van der Waals surface area contributed by atoms with Crippen molar-refractivity contribution in [1.82, 2.24) is 14.4 Å². The fourth-order valence-electron chi connectivity index (χ4n) is 1.63. The summed E-state index contributed by atoms with van der Waals surface area (Å²) in [5.41, 5.74) is 2.04. The number of rotatable bonds is 1. The highest BCUT2D eigenvalue weighted by atomic mass is 79.9. The second-order valence-corrected chi connectivity index (χ2v) is 4.39. The van der Waals surface area contributed by atoms with E-state index in [2.05, 4.69) is 25.9 Å². The zero-order valence-corrected chi connectivity index (χ0v) is 10.2. The van der Waals surface area contributed by atoms with Crippen LogP contribution in [0.3, 0.4) is 0 Å². The van der Waals surface area contributed by atoms with Crippen LogP contribution in [-0.4, -0.2) is 14.4 Å². The van der Waals surface area contributed by atoms with E-state index in [-0.39, 0.29) is 5.82 Å². The van der Waals surface area contributed by atoms with E-state index in [0.29, 0.717) is 5.65 Å². The highest BCUT2D eigenvalue weighted by molar-refractivity contribution is 9.10. The van der Waals surface area contributed by atoms with Crippen molar-refractivity contribution < 1.29 is 4.39 Å². The lowest BCUT2D eigenvalue weighted by Crippen LogP contribution is -1.82. The maximum absolute atomic E-state index is 13.0. The molecule has 3 aromatic heterocycles. The molecule has 0 bridgehead atoms. The highest BCUT2D eigenvalue weighted by Gasteiger charge is 2.06. The smallest absolute Gasteiger partial charge is 0.140 e. The predicted molar refractivity (Wildman–Crippen MR) is 66.1 cm³/mol. The largest absolute Gasteiger partial charge is 0.306 e. The maximum atomic E-state index is 13.0. The van der Waals surface area contributed by atoms with Gasteiger partial charge in [-0.3, -0.25) is 0 Å². The minimum Gasteiger partial charge on any atom is -0.306 e. The molecule has 0 aliphatic heterocycles. The normalized spacial score (nSPS) is 10.9. The lowest BCUT2D eigenvalue weighted by atomic mass is 10.3. The number of pyridine rings is 2. The van der Waals surface area contributed by atoms with E-state index in [9.17, 15) is 4.39 Å². The van der Waals surface area contributed by atoms with Crippen LogP contribution in [-0.2, 0) is 0 Å². The highest BCUT2D eigenvalue weighted by Crippen LogP contribution is 2.19. The fourth-order valence-corrected chi connectivity index (χ4v) is 1.98. The molecule has 0 amide bonds. The number of halogens is 2. The Hall–Kier alpha value is -1.75. The molecule has 3 rings (SSSR count). The summed E-state index contributed by atoms with van der Waals surface area (Å²) in [6, 6.07) is 8.38. The predicted octanol–water partition coefficient (Wildman–Crippen LogP) is 3.30. The van der Waals surface area contributed by atoms with Gasteiger partial charge in [-0.2, -0.15) is 0 Å². The van der Waals surface area contributed by atoms with E-state index in [1.54, 1.807) is 10.6 Å². The molecule has 0 aliphatic rings. The molecule has 0 spiro atoms. The SMILES string of the molecule is Fc1ccn2cc(-c3cccc(Br)n3)nc2c1. The van der Waals surface area contributed by atoms with E-state index < -0.39 is 0 Å². The summed E-state index contributed by atoms with van der Waals surface area (Å²) in [7, 11) is 0. The molecule has 0 N–H and O–H groups in total. The third-order valence-electron chi connectivity index (χ3n) is 2.40. The Morgan fingerprint density at radius 2 is 2.00 bits per heavy atom. The molecule has 3 heterocycles. The molecule has 0 unspecified atom stereocenters. The minimum absolute atomic E-state index is 0.295. The Labute approximate surface area is 105 Å². The third kappa shape index (κ3) is 1.93. The first kappa shape index (κ1) is 10.4. The van der Waals surface area contributed by atoms with Crippen LogP contribution < -0.4 is 0 Å². The van der Waals surface area contributed by atoms with Gasteiger partial charge in [0.25, 0.3) is 0 Å². The van der Waals surface area contributed by atoms with Crippen molar-refractivity contribution in [2.75, 3.05) is 0 Å². The zero-order valence-electron chi connectivity index (χ0n) is 8.64. The second-order valence-electron chi connectivity index (χ2n) is 3.58. The maximum Gasteiger partial charge on any atom is 0.140 e. The van der Waals surface area contributed by atoms with E-state index in [0.717, 1.165) is 16.0 Å². The average Bonchev–Trinajstić information content (AvgIpc) is 2.72. The molecule has 0 aliphatic carbocycles. The lowest BCUT2D eigenvalue weighted by Gasteiger charge is -1.94. The van der Waals surface area contributed by atoms with Crippen LogP contribution in [0, 0.1) is 5.82 Å². The van der Waals surface area contributed by atoms with Crippen molar-refractivity contribution in [3.8, 4) is 11.4 Å². The quantitative estimate of drug-likeness (QED) is 0.644. The van der Waals surface area contributed by atoms with Crippen molar-refractivity contribution in [2.45, 2.75) is 0 Å². The summed E-state index contributed by atoms with van der Waals surface area (Å²) in [6.07, 6.45) is 3.46. The minimum atomic E-state index is -0.295. The summed E-state index contributed by atoms with van der Waals surface area (Å²) >= 11 is 3.31. The van der Waals surface area contributed by atoms with Crippen molar-refractivity contribution in [2.24, 2.45) is 0 Å². The van der Waals surface area contributed by atoms with Gasteiger partial charge in [0.2, 0.25) is 0 Å². The van der Waals surface area contributed by atoms with Gasteiger partial charge in [0.15, 0.2) is 0 Å². The molecular weight excluding hydrogens is 285 g/mol. The van der Waals surface area contributed by atoms with Crippen LogP contribution >= 0.6 is 15.9 Å². The van der Waals surface area contributed by atoms with Crippen molar-refractivity contribution in [3.63, 3.8) is 0 Å². The molecule has 3 aromatic rings. The van der Waals surface area contributed by atoms with Gasteiger partial charge in [-0.25, -0.2) is 14.4 Å². The first-order chi connectivity index (χ1) is 8.22. The van der Waals surface area contributed by atoms with Crippen molar-refractivity contribution >= 4 is 21.6 Å². The average molecular weight is 292 g/mol. The summed E-state index contributed by atoms with van der Waals surface area (Å²) in [5, 5.41) is 0.